The molecule has 6 aromatic rings. The third-order valence-electron chi connectivity index (χ3n) is 6.64. The van der Waals surface area contributed by atoms with Gasteiger partial charge < -0.3 is 18.6 Å². The summed E-state index contributed by atoms with van der Waals surface area (Å²) >= 11 is 3.17. The zero-order chi connectivity index (χ0) is 29.6. The Bertz CT molecular complexity index is 1800. The van der Waals surface area contributed by atoms with Crippen LogP contribution < -0.4 is 0 Å². The van der Waals surface area contributed by atoms with E-state index in [9.17, 15) is 9.59 Å². The maximum atomic E-state index is 12.2. The zero-order valence-corrected chi connectivity index (χ0v) is 25.6. The van der Waals surface area contributed by atoms with Crippen molar-refractivity contribution in [3.63, 3.8) is 0 Å². The van der Waals surface area contributed by atoms with Crippen LogP contribution in [0.15, 0.2) is 71.7 Å². The standard InChI is InChI=1S/2C16H16N2O2S/c1-3-20-16(19)14-9-12-8-11(2)4-5-13(12)18(14)10-15-17-6-7-21-15;1-3-20-16(19)14-9-12-5-4-11(2)8-13(12)18(14)10-15-17-6-7-21-15/h2*4-9H,3,10H2,1-2H3. The average Bonchev–Trinajstić information content (AvgIpc) is 3.78. The van der Waals surface area contributed by atoms with Crippen molar-refractivity contribution in [2.24, 2.45) is 0 Å². The predicted octanol–water partition coefficient (Wildman–Crippen LogP) is 7.26. The highest BCUT2D eigenvalue weighted by atomic mass is 32.1. The van der Waals surface area contributed by atoms with Gasteiger partial charge in [0.25, 0.3) is 0 Å². The van der Waals surface area contributed by atoms with Crippen LogP contribution in [0.1, 0.15) is 56.0 Å². The van der Waals surface area contributed by atoms with E-state index in [2.05, 4.69) is 28.2 Å². The van der Waals surface area contributed by atoms with Gasteiger partial charge in [0.05, 0.1) is 26.3 Å². The third-order valence-corrected chi connectivity index (χ3v) is 8.17. The van der Waals surface area contributed by atoms with Gasteiger partial charge in [0.1, 0.15) is 21.4 Å². The lowest BCUT2D eigenvalue weighted by Crippen LogP contribution is -2.12. The minimum atomic E-state index is -0.289. The van der Waals surface area contributed by atoms with E-state index in [-0.39, 0.29) is 11.9 Å². The lowest BCUT2D eigenvalue weighted by molar-refractivity contribution is 0.0505. The molecule has 2 aromatic carbocycles. The molecule has 0 saturated carbocycles. The fraction of sp³-hybridized carbons (Fsp3) is 0.250. The van der Waals surface area contributed by atoms with Crippen LogP contribution >= 0.6 is 22.7 Å². The smallest absolute Gasteiger partial charge is 0.354 e. The van der Waals surface area contributed by atoms with Gasteiger partial charge in [0.15, 0.2) is 0 Å². The Kier molecular flexibility index (Phi) is 9.14. The van der Waals surface area contributed by atoms with Crippen LogP contribution in [0.4, 0.5) is 0 Å². The highest BCUT2D eigenvalue weighted by Crippen LogP contribution is 2.25. The maximum absolute atomic E-state index is 12.2. The second kappa shape index (κ2) is 13.1. The highest BCUT2D eigenvalue weighted by Gasteiger charge is 2.19. The summed E-state index contributed by atoms with van der Waals surface area (Å²) in [7, 11) is 0. The number of aromatic nitrogens is 4. The minimum absolute atomic E-state index is 0.289. The second-order valence-electron chi connectivity index (χ2n) is 9.65. The lowest BCUT2D eigenvalue weighted by atomic mass is 10.2. The van der Waals surface area contributed by atoms with E-state index in [0.29, 0.717) is 37.7 Å². The molecule has 0 atom stereocenters. The Morgan fingerprint density at radius 1 is 0.690 bits per heavy atom. The summed E-state index contributed by atoms with van der Waals surface area (Å²) in [6.07, 6.45) is 3.56. The van der Waals surface area contributed by atoms with Gasteiger partial charge in [0, 0.05) is 45.0 Å². The fourth-order valence-corrected chi connectivity index (χ4v) is 5.98. The Morgan fingerprint density at radius 2 is 1.21 bits per heavy atom. The number of fused-ring (bicyclic) bond motifs is 2. The average molecular weight is 601 g/mol. The summed E-state index contributed by atoms with van der Waals surface area (Å²) in [5, 5.41) is 7.92. The highest BCUT2D eigenvalue weighted by molar-refractivity contribution is 7.09. The van der Waals surface area contributed by atoms with Crippen LogP contribution in [0.25, 0.3) is 21.8 Å². The Morgan fingerprint density at radius 3 is 1.76 bits per heavy atom. The molecule has 4 aromatic heterocycles. The van der Waals surface area contributed by atoms with Gasteiger partial charge in [-0.25, -0.2) is 19.6 Å². The third kappa shape index (κ3) is 6.45. The molecule has 10 heteroatoms. The maximum Gasteiger partial charge on any atom is 0.354 e. The molecular formula is C32H32N4O4S2. The number of carbonyl (C=O) groups is 2. The number of benzene rings is 2. The van der Waals surface area contributed by atoms with E-state index in [0.717, 1.165) is 37.4 Å². The minimum Gasteiger partial charge on any atom is -0.461 e. The number of ether oxygens (including phenoxy) is 2. The number of thiazole rings is 2. The van der Waals surface area contributed by atoms with Crippen molar-refractivity contribution in [3.8, 4) is 0 Å². The summed E-state index contributed by atoms with van der Waals surface area (Å²) in [6.45, 7) is 9.63. The van der Waals surface area contributed by atoms with E-state index in [4.69, 9.17) is 9.47 Å². The topological polar surface area (TPSA) is 88.2 Å². The first-order valence-electron chi connectivity index (χ1n) is 13.7. The summed E-state index contributed by atoms with van der Waals surface area (Å²) in [6, 6.07) is 16.1. The molecule has 0 bridgehead atoms. The summed E-state index contributed by atoms with van der Waals surface area (Å²) in [4.78, 5) is 33.0. The van der Waals surface area contributed by atoms with Gasteiger partial charge in [-0.15, -0.1) is 22.7 Å². The molecule has 0 aliphatic carbocycles. The summed E-state index contributed by atoms with van der Waals surface area (Å²) in [5.74, 6) is -0.578. The van der Waals surface area contributed by atoms with Crippen molar-refractivity contribution < 1.29 is 19.1 Å². The number of nitrogens with zero attached hydrogens (tertiary/aromatic N) is 4. The number of hydrogen-bond donors (Lipinski definition) is 0. The van der Waals surface area contributed by atoms with Gasteiger partial charge in [0.2, 0.25) is 0 Å². The number of aryl methyl sites for hydroxylation is 2. The number of esters is 2. The first-order chi connectivity index (χ1) is 20.4. The summed E-state index contributed by atoms with van der Waals surface area (Å²) < 4.78 is 14.3. The van der Waals surface area contributed by atoms with Gasteiger partial charge in [-0.2, -0.15) is 0 Å². The quantitative estimate of drug-likeness (QED) is 0.171. The molecule has 0 amide bonds. The van der Waals surface area contributed by atoms with Gasteiger partial charge in [-0.3, -0.25) is 0 Å². The van der Waals surface area contributed by atoms with E-state index < -0.39 is 0 Å². The fourth-order valence-electron chi connectivity index (χ4n) is 4.78. The molecular weight excluding hydrogens is 569 g/mol. The monoisotopic (exact) mass is 600 g/mol. The SMILES string of the molecule is CCOC(=O)c1cc2cc(C)ccc2n1Cc1nccs1.CCOC(=O)c1cc2ccc(C)cc2n1Cc1nccs1. The van der Waals surface area contributed by atoms with Crippen molar-refractivity contribution in [3.05, 3.63) is 104 Å². The first kappa shape index (κ1) is 29.2. The van der Waals surface area contributed by atoms with Gasteiger partial charge in [-0.1, -0.05) is 23.8 Å². The van der Waals surface area contributed by atoms with Crippen molar-refractivity contribution in [2.45, 2.75) is 40.8 Å². The second-order valence-corrected chi connectivity index (χ2v) is 11.6. The molecule has 8 nitrogen and oxygen atoms in total. The molecule has 0 spiro atoms. The zero-order valence-electron chi connectivity index (χ0n) is 24.0. The van der Waals surface area contributed by atoms with Crippen LogP contribution in [0, 0.1) is 13.8 Å². The van der Waals surface area contributed by atoms with Crippen molar-refractivity contribution in [1.82, 2.24) is 19.1 Å². The molecule has 0 radical (unpaired) electrons. The predicted molar refractivity (Wildman–Crippen MR) is 168 cm³/mol. The van der Waals surface area contributed by atoms with Crippen molar-refractivity contribution in [2.75, 3.05) is 13.2 Å². The summed E-state index contributed by atoms with van der Waals surface area (Å²) in [5.41, 5.74) is 5.55. The Labute approximate surface area is 252 Å². The molecule has 0 aliphatic heterocycles. The van der Waals surface area contributed by atoms with E-state index in [1.54, 1.807) is 35.1 Å². The van der Waals surface area contributed by atoms with Crippen LogP contribution in [-0.2, 0) is 22.6 Å². The molecule has 216 valence electrons. The van der Waals surface area contributed by atoms with E-state index >= 15 is 0 Å². The Balaban J connectivity index is 0.000000168. The van der Waals surface area contributed by atoms with Crippen LogP contribution in [-0.4, -0.2) is 44.3 Å². The van der Waals surface area contributed by atoms with E-state index in [1.165, 1.54) is 5.56 Å². The largest absolute Gasteiger partial charge is 0.461 e. The number of rotatable bonds is 8. The molecule has 0 unspecified atom stereocenters. The van der Waals surface area contributed by atoms with Crippen LogP contribution in [0.2, 0.25) is 0 Å². The molecule has 42 heavy (non-hydrogen) atoms. The van der Waals surface area contributed by atoms with Crippen LogP contribution in [0.3, 0.4) is 0 Å². The lowest BCUT2D eigenvalue weighted by Gasteiger charge is -2.08. The van der Waals surface area contributed by atoms with Crippen molar-refractivity contribution >= 4 is 56.4 Å². The van der Waals surface area contributed by atoms with Crippen molar-refractivity contribution in [1.29, 1.82) is 0 Å². The van der Waals surface area contributed by atoms with Gasteiger partial charge >= 0.3 is 11.9 Å². The molecule has 0 N–H and O–H groups in total. The molecule has 4 heterocycles. The van der Waals surface area contributed by atoms with Gasteiger partial charge in [-0.05, 0) is 63.6 Å². The molecule has 0 aliphatic rings. The number of hydrogen-bond acceptors (Lipinski definition) is 8. The molecule has 6 rings (SSSR count). The first-order valence-corrected chi connectivity index (χ1v) is 15.4. The normalized spacial score (nSPS) is 11.0. The molecule has 0 saturated heterocycles. The van der Waals surface area contributed by atoms with Crippen LogP contribution in [0.5, 0.6) is 0 Å². The van der Waals surface area contributed by atoms with E-state index in [1.807, 2.05) is 77.9 Å². The Hall–Kier alpha value is -4.28. The number of carbonyl (C=O) groups excluding carboxylic acids is 2. The molecule has 0 fully saturated rings.